The molecule has 7 nitrogen and oxygen atoms in total. The molecule has 0 bridgehead atoms. The van der Waals surface area contributed by atoms with E-state index in [-0.39, 0.29) is 18.0 Å². The van der Waals surface area contributed by atoms with Crippen LogP contribution >= 0.6 is 0 Å². The molecule has 156 valence electrons. The van der Waals surface area contributed by atoms with Crippen LogP contribution in [0.15, 0.2) is 49.2 Å². The molecule has 3 aromatic rings. The van der Waals surface area contributed by atoms with Crippen molar-refractivity contribution in [2.45, 2.75) is 44.8 Å². The van der Waals surface area contributed by atoms with Gasteiger partial charge >= 0.3 is 5.97 Å². The number of amides is 1. The molecule has 0 saturated carbocycles. The smallest absolute Gasteiger partial charge is 0.312 e. The summed E-state index contributed by atoms with van der Waals surface area (Å²) in [5.41, 5.74) is 1.85. The summed E-state index contributed by atoms with van der Waals surface area (Å²) in [5.74, 6) is 0.0648. The largest absolute Gasteiger partial charge is 0.460 e. The third-order valence-electron chi connectivity index (χ3n) is 6.66. The Labute approximate surface area is 175 Å². The first-order valence-electron chi connectivity index (χ1n) is 10.6. The van der Waals surface area contributed by atoms with Crippen LogP contribution in [0.2, 0.25) is 0 Å². The summed E-state index contributed by atoms with van der Waals surface area (Å²) >= 11 is 0. The molecule has 5 rings (SSSR count). The number of rotatable bonds is 5. The van der Waals surface area contributed by atoms with Crippen LogP contribution in [0.1, 0.15) is 31.2 Å². The molecule has 30 heavy (non-hydrogen) atoms. The van der Waals surface area contributed by atoms with E-state index in [0.29, 0.717) is 38.9 Å². The van der Waals surface area contributed by atoms with Gasteiger partial charge in [0.1, 0.15) is 6.10 Å². The molecule has 1 spiro atoms. The highest BCUT2D eigenvalue weighted by atomic mass is 16.6. The van der Waals surface area contributed by atoms with Gasteiger partial charge in [-0.25, -0.2) is 4.98 Å². The standard InChI is InChI=1S/C23H26N4O3/c28-21(6-5-17-14-25-20-4-2-1-3-19(17)20)27-10-7-23(8-11-27)13-18(30-22(23)29)15-26-12-9-24-16-26/h1-4,9,12,14,16,18,25H,5-8,10-11,13,15H2. The maximum absolute atomic E-state index is 12.8. The first-order valence-corrected chi connectivity index (χ1v) is 10.6. The minimum absolute atomic E-state index is 0.0986. The number of aryl methyl sites for hydroxylation is 1. The molecule has 2 aliphatic heterocycles. The number of piperidine rings is 1. The monoisotopic (exact) mass is 406 g/mol. The summed E-state index contributed by atoms with van der Waals surface area (Å²) < 4.78 is 7.61. The quantitative estimate of drug-likeness (QED) is 0.661. The molecule has 2 aromatic heterocycles. The lowest BCUT2D eigenvalue weighted by atomic mass is 9.76. The zero-order chi connectivity index (χ0) is 20.6. The summed E-state index contributed by atoms with van der Waals surface area (Å²) in [7, 11) is 0. The first kappa shape index (κ1) is 18.9. The van der Waals surface area contributed by atoms with E-state index in [2.05, 4.69) is 16.0 Å². The molecule has 2 fully saturated rings. The Hall–Kier alpha value is -3.09. The van der Waals surface area contributed by atoms with Gasteiger partial charge in [0.05, 0.1) is 18.3 Å². The van der Waals surface area contributed by atoms with Crippen LogP contribution in [-0.2, 0) is 27.3 Å². The number of aromatic amines is 1. The van der Waals surface area contributed by atoms with Crippen molar-refractivity contribution in [3.63, 3.8) is 0 Å². The van der Waals surface area contributed by atoms with Crippen molar-refractivity contribution < 1.29 is 14.3 Å². The van der Waals surface area contributed by atoms with Gasteiger partial charge in [0.2, 0.25) is 5.91 Å². The highest BCUT2D eigenvalue weighted by Gasteiger charge is 2.50. The zero-order valence-corrected chi connectivity index (χ0v) is 16.9. The Morgan fingerprint density at radius 2 is 2.10 bits per heavy atom. The second-order valence-corrected chi connectivity index (χ2v) is 8.51. The van der Waals surface area contributed by atoms with E-state index in [0.717, 1.165) is 18.4 Å². The molecule has 2 aliphatic rings. The van der Waals surface area contributed by atoms with Gasteiger partial charge in [-0.2, -0.15) is 0 Å². The van der Waals surface area contributed by atoms with Crippen molar-refractivity contribution in [2.24, 2.45) is 5.41 Å². The van der Waals surface area contributed by atoms with Gasteiger partial charge in [-0.3, -0.25) is 9.59 Å². The normalized spacial score (nSPS) is 20.7. The number of H-pyrrole nitrogens is 1. The number of ether oxygens (including phenoxy) is 1. The van der Waals surface area contributed by atoms with Crippen LogP contribution in [0.3, 0.4) is 0 Å². The molecule has 1 N–H and O–H groups in total. The van der Waals surface area contributed by atoms with E-state index in [4.69, 9.17) is 4.74 Å². The minimum Gasteiger partial charge on any atom is -0.460 e. The lowest BCUT2D eigenvalue weighted by Crippen LogP contribution is -2.45. The van der Waals surface area contributed by atoms with Crippen molar-refractivity contribution in [1.29, 1.82) is 0 Å². The molecule has 1 unspecified atom stereocenters. The van der Waals surface area contributed by atoms with Gasteiger partial charge in [-0.1, -0.05) is 18.2 Å². The number of esters is 1. The Bertz CT molecular complexity index is 1050. The fraction of sp³-hybridized carbons (Fsp3) is 0.435. The van der Waals surface area contributed by atoms with Crippen LogP contribution in [0.4, 0.5) is 0 Å². The Morgan fingerprint density at radius 3 is 2.90 bits per heavy atom. The van der Waals surface area contributed by atoms with Crippen LogP contribution in [0.25, 0.3) is 10.9 Å². The van der Waals surface area contributed by atoms with Crippen molar-refractivity contribution in [1.82, 2.24) is 19.4 Å². The maximum Gasteiger partial charge on any atom is 0.312 e. The molecule has 2 saturated heterocycles. The number of likely N-dealkylation sites (tertiary alicyclic amines) is 1. The van der Waals surface area contributed by atoms with Crippen molar-refractivity contribution in [3.05, 3.63) is 54.7 Å². The third kappa shape index (κ3) is 3.49. The highest BCUT2D eigenvalue weighted by Crippen LogP contribution is 2.43. The SMILES string of the molecule is O=C(CCc1c[nH]c2ccccc12)N1CCC2(CC1)CC(Cn1ccnc1)OC2=O. The lowest BCUT2D eigenvalue weighted by molar-refractivity contribution is -0.152. The number of imidazole rings is 1. The van der Waals surface area contributed by atoms with Gasteiger partial charge in [-0.15, -0.1) is 0 Å². The summed E-state index contributed by atoms with van der Waals surface area (Å²) in [6.45, 7) is 1.89. The van der Waals surface area contributed by atoms with Gasteiger partial charge in [0, 0.05) is 55.4 Å². The number of hydrogen-bond acceptors (Lipinski definition) is 4. The summed E-state index contributed by atoms with van der Waals surface area (Å²) in [5, 5.41) is 1.18. The van der Waals surface area contributed by atoms with Gasteiger partial charge < -0.3 is 19.2 Å². The van der Waals surface area contributed by atoms with Crippen molar-refractivity contribution >= 4 is 22.8 Å². The lowest BCUT2D eigenvalue weighted by Gasteiger charge is -2.36. The molecule has 4 heterocycles. The number of hydrogen-bond donors (Lipinski definition) is 1. The molecular formula is C23H26N4O3. The Morgan fingerprint density at radius 1 is 1.27 bits per heavy atom. The first-order chi connectivity index (χ1) is 14.6. The summed E-state index contributed by atoms with van der Waals surface area (Å²) in [4.78, 5) is 34.6. The summed E-state index contributed by atoms with van der Waals surface area (Å²) in [6.07, 6.45) is 10.5. The molecule has 1 atom stereocenters. The van der Waals surface area contributed by atoms with Crippen LogP contribution in [0, 0.1) is 5.41 Å². The molecule has 0 radical (unpaired) electrons. The molecule has 0 aliphatic carbocycles. The van der Waals surface area contributed by atoms with E-state index >= 15 is 0 Å². The number of nitrogens with zero attached hydrogens (tertiary/aromatic N) is 3. The Balaban J connectivity index is 1.15. The van der Waals surface area contributed by atoms with E-state index in [1.54, 1.807) is 12.5 Å². The molecule has 1 aromatic carbocycles. The number of nitrogens with one attached hydrogen (secondary N) is 1. The number of benzene rings is 1. The number of aromatic nitrogens is 3. The number of carbonyl (C=O) groups excluding carboxylic acids is 2. The highest BCUT2D eigenvalue weighted by molar-refractivity contribution is 5.84. The van der Waals surface area contributed by atoms with E-state index < -0.39 is 5.41 Å². The van der Waals surface area contributed by atoms with Gasteiger partial charge in [-0.05, 0) is 30.9 Å². The second kappa shape index (κ2) is 7.63. The predicted molar refractivity (Wildman–Crippen MR) is 112 cm³/mol. The molecule has 1 amide bonds. The third-order valence-corrected chi connectivity index (χ3v) is 6.66. The average Bonchev–Trinajstić information content (AvgIpc) is 3.48. The molecule has 7 heteroatoms. The second-order valence-electron chi connectivity index (χ2n) is 8.51. The van der Waals surface area contributed by atoms with Crippen molar-refractivity contribution in [2.75, 3.05) is 13.1 Å². The van der Waals surface area contributed by atoms with Crippen LogP contribution in [0.5, 0.6) is 0 Å². The summed E-state index contributed by atoms with van der Waals surface area (Å²) in [6, 6.07) is 8.16. The van der Waals surface area contributed by atoms with Crippen molar-refractivity contribution in [3.8, 4) is 0 Å². The average molecular weight is 406 g/mol. The number of para-hydroxylation sites is 1. The Kier molecular flexibility index (Phi) is 4.81. The topological polar surface area (TPSA) is 80.2 Å². The van der Waals surface area contributed by atoms with Gasteiger partial charge in [0.15, 0.2) is 0 Å². The van der Waals surface area contributed by atoms with Crippen LogP contribution in [-0.4, -0.2) is 50.5 Å². The number of fused-ring (bicyclic) bond motifs is 1. The van der Waals surface area contributed by atoms with E-state index in [1.807, 2.05) is 40.1 Å². The minimum atomic E-state index is -0.432. The molecular weight excluding hydrogens is 380 g/mol. The van der Waals surface area contributed by atoms with Crippen LogP contribution < -0.4 is 0 Å². The number of carbonyl (C=O) groups is 2. The zero-order valence-electron chi connectivity index (χ0n) is 16.9. The predicted octanol–water partition coefficient (Wildman–Crippen LogP) is 2.92. The van der Waals surface area contributed by atoms with E-state index in [9.17, 15) is 9.59 Å². The maximum atomic E-state index is 12.8. The fourth-order valence-corrected chi connectivity index (χ4v) is 4.90. The number of cyclic esters (lactones) is 1. The van der Waals surface area contributed by atoms with Gasteiger partial charge in [0.25, 0.3) is 0 Å². The van der Waals surface area contributed by atoms with E-state index in [1.165, 1.54) is 10.9 Å². The fourth-order valence-electron chi connectivity index (χ4n) is 4.90.